The van der Waals surface area contributed by atoms with Gasteiger partial charge in [0.25, 0.3) is 10.2 Å². The zero-order valence-corrected chi connectivity index (χ0v) is 18.7. The van der Waals surface area contributed by atoms with Crippen molar-refractivity contribution in [2.75, 3.05) is 26.2 Å². The van der Waals surface area contributed by atoms with Gasteiger partial charge in [0.05, 0.1) is 10.9 Å². The molecule has 0 saturated carbocycles. The second-order valence-electron chi connectivity index (χ2n) is 7.11. The fourth-order valence-electron chi connectivity index (χ4n) is 3.43. The maximum atomic E-state index is 12.6. The fourth-order valence-corrected chi connectivity index (χ4v) is 5.61. The topological polar surface area (TPSA) is 130 Å². The zero-order valence-electron chi connectivity index (χ0n) is 17.0. The normalized spacial score (nSPS) is 18.0. The van der Waals surface area contributed by atoms with Crippen molar-refractivity contribution in [1.82, 2.24) is 13.9 Å². The number of hydrogen-bond acceptors (Lipinski definition) is 5. The Balaban J connectivity index is 1.99. The number of nitrogens with zero attached hydrogens (tertiary/aromatic N) is 2. The molecule has 1 heterocycles. The Labute approximate surface area is 173 Å². The lowest BCUT2D eigenvalue weighted by molar-refractivity contribution is -0.126. The van der Waals surface area contributed by atoms with Gasteiger partial charge in [-0.05, 0) is 37.5 Å². The summed E-state index contributed by atoms with van der Waals surface area (Å²) < 4.78 is 50.4. The van der Waals surface area contributed by atoms with Crippen LogP contribution in [0.1, 0.15) is 45.2 Å². The highest BCUT2D eigenvalue weighted by Gasteiger charge is 2.30. The largest absolute Gasteiger partial charge is 0.349 e. The van der Waals surface area contributed by atoms with Crippen LogP contribution in [-0.2, 0) is 25.0 Å². The molecule has 1 fully saturated rings. The Morgan fingerprint density at radius 1 is 1.14 bits per heavy atom. The van der Waals surface area contributed by atoms with Crippen molar-refractivity contribution in [3.05, 3.63) is 29.8 Å². The first kappa shape index (κ1) is 23.7. The van der Waals surface area contributed by atoms with E-state index in [0.29, 0.717) is 25.9 Å². The highest BCUT2D eigenvalue weighted by atomic mass is 32.2. The molecule has 9 nitrogen and oxygen atoms in total. The third-order valence-corrected chi connectivity index (χ3v) is 8.42. The Morgan fingerprint density at radius 3 is 2.10 bits per heavy atom. The average Bonchev–Trinajstić information content (AvgIpc) is 2.68. The first-order valence-electron chi connectivity index (χ1n) is 9.69. The Bertz CT molecular complexity index is 904. The molecule has 29 heavy (non-hydrogen) atoms. The molecule has 1 amide bonds. The average molecular weight is 447 g/mol. The molecule has 3 N–H and O–H groups in total. The zero-order chi connectivity index (χ0) is 21.8. The van der Waals surface area contributed by atoms with E-state index in [1.165, 1.54) is 8.61 Å². The summed E-state index contributed by atoms with van der Waals surface area (Å²) in [4.78, 5) is 12.7. The van der Waals surface area contributed by atoms with Crippen molar-refractivity contribution in [2.45, 2.75) is 44.6 Å². The molecule has 1 atom stereocenters. The van der Waals surface area contributed by atoms with Gasteiger partial charge in [-0.2, -0.15) is 17.0 Å². The van der Waals surface area contributed by atoms with Crippen molar-refractivity contribution >= 4 is 26.1 Å². The first-order chi connectivity index (χ1) is 13.5. The minimum Gasteiger partial charge on any atom is -0.349 e. The van der Waals surface area contributed by atoms with Crippen LogP contribution in [0.5, 0.6) is 0 Å². The van der Waals surface area contributed by atoms with Gasteiger partial charge < -0.3 is 5.32 Å². The van der Waals surface area contributed by atoms with E-state index >= 15 is 0 Å². The Morgan fingerprint density at radius 2 is 1.66 bits per heavy atom. The van der Waals surface area contributed by atoms with E-state index in [0.717, 1.165) is 5.56 Å². The van der Waals surface area contributed by atoms with Crippen LogP contribution in [0, 0.1) is 5.92 Å². The van der Waals surface area contributed by atoms with Gasteiger partial charge in [0.1, 0.15) is 0 Å². The van der Waals surface area contributed by atoms with Crippen molar-refractivity contribution in [3.63, 3.8) is 0 Å². The third kappa shape index (κ3) is 5.76. The van der Waals surface area contributed by atoms with Crippen LogP contribution < -0.4 is 10.5 Å². The van der Waals surface area contributed by atoms with Crippen molar-refractivity contribution in [2.24, 2.45) is 11.1 Å². The van der Waals surface area contributed by atoms with Crippen LogP contribution >= 0.6 is 0 Å². The van der Waals surface area contributed by atoms with Crippen molar-refractivity contribution < 1.29 is 21.6 Å². The van der Waals surface area contributed by atoms with E-state index in [4.69, 9.17) is 5.14 Å². The molecule has 0 aromatic heterocycles. The molecule has 11 heteroatoms. The number of nitrogens with two attached hydrogens (primary N) is 1. The number of carbonyl (C=O) groups excluding carboxylic acids is 1. The highest BCUT2D eigenvalue weighted by Crippen LogP contribution is 2.22. The molecule has 0 radical (unpaired) electrons. The lowest BCUT2D eigenvalue weighted by Crippen LogP contribution is -2.45. The summed E-state index contributed by atoms with van der Waals surface area (Å²) >= 11 is 0. The van der Waals surface area contributed by atoms with E-state index in [1.807, 2.05) is 6.92 Å². The number of sulfonamides is 1. The van der Waals surface area contributed by atoms with E-state index in [-0.39, 0.29) is 35.9 Å². The summed E-state index contributed by atoms with van der Waals surface area (Å²) in [6.07, 6.45) is 0.825. The molecule has 0 aliphatic carbocycles. The molecule has 1 unspecified atom stereocenters. The molecule has 1 aromatic carbocycles. The van der Waals surface area contributed by atoms with Crippen LogP contribution in [0.15, 0.2) is 29.2 Å². The number of benzene rings is 1. The number of hydrogen-bond donors (Lipinski definition) is 2. The molecule has 164 valence electrons. The molecule has 2 rings (SSSR count). The summed E-state index contributed by atoms with van der Waals surface area (Å²) in [5.74, 6) is -0.427. The smallest absolute Gasteiger partial charge is 0.276 e. The molecule has 1 saturated heterocycles. The van der Waals surface area contributed by atoms with E-state index in [1.54, 1.807) is 38.1 Å². The lowest BCUT2D eigenvalue weighted by Gasteiger charge is -2.29. The number of rotatable bonds is 8. The number of amides is 1. The van der Waals surface area contributed by atoms with Crippen LogP contribution in [-0.4, -0.2) is 57.5 Å². The molecule has 1 aliphatic rings. The summed E-state index contributed by atoms with van der Waals surface area (Å²) in [5, 5.41) is 8.04. The second-order valence-corrected chi connectivity index (χ2v) is 10.6. The van der Waals surface area contributed by atoms with Gasteiger partial charge >= 0.3 is 0 Å². The predicted molar refractivity (Wildman–Crippen MR) is 111 cm³/mol. The summed E-state index contributed by atoms with van der Waals surface area (Å²) in [6, 6.07) is 6.20. The number of carbonyl (C=O) groups is 1. The van der Waals surface area contributed by atoms with Crippen molar-refractivity contribution in [3.8, 4) is 0 Å². The molecule has 0 bridgehead atoms. The minimum atomic E-state index is -3.72. The third-order valence-electron chi connectivity index (χ3n) is 5.27. The van der Waals surface area contributed by atoms with E-state index in [9.17, 15) is 21.6 Å². The van der Waals surface area contributed by atoms with Gasteiger partial charge in [0.2, 0.25) is 15.9 Å². The molecular formula is C18H30N4O5S2. The SMILES string of the molecule is CCN(CC)S(=O)(=O)c1ccc(C(C)NC(=O)C2CCN(S(N)(=O)=O)CC2)cc1. The molecule has 0 spiro atoms. The standard InChI is InChI=1S/C18H30N4O5S2/c1-4-21(5-2)28(24,25)17-8-6-15(7-9-17)14(3)20-18(23)16-10-12-22(13-11-16)29(19,26)27/h6-9,14,16H,4-5,10-13H2,1-3H3,(H,20,23)(H2,19,26,27). The Kier molecular flexibility index (Phi) is 7.80. The number of piperidine rings is 1. The summed E-state index contributed by atoms with van der Waals surface area (Å²) in [5.41, 5.74) is 0.791. The van der Waals surface area contributed by atoms with E-state index < -0.39 is 20.2 Å². The molecule has 1 aromatic rings. The maximum absolute atomic E-state index is 12.6. The van der Waals surface area contributed by atoms with Crippen LogP contribution in [0.4, 0.5) is 0 Å². The summed E-state index contributed by atoms with van der Waals surface area (Å²) in [7, 11) is -7.24. The van der Waals surface area contributed by atoms with Crippen LogP contribution in [0.3, 0.4) is 0 Å². The van der Waals surface area contributed by atoms with E-state index in [2.05, 4.69) is 5.32 Å². The quantitative estimate of drug-likeness (QED) is 0.610. The minimum absolute atomic E-state index is 0.147. The van der Waals surface area contributed by atoms with Gasteiger partial charge in [0.15, 0.2) is 0 Å². The highest BCUT2D eigenvalue weighted by molar-refractivity contribution is 7.89. The van der Waals surface area contributed by atoms with Crippen molar-refractivity contribution in [1.29, 1.82) is 0 Å². The van der Waals surface area contributed by atoms with Crippen LogP contribution in [0.25, 0.3) is 0 Å². The number of nitrogens with one attached hydrogen (secondary N) is 1. The maximum Gasteiger partial charge on any atom is 0.276 e. The predicted octanol–water partition coefficient (Wildman–Crippen LogP) is 0.810. The van der Waals surface area contributed by atoms with Crippen LogP contribution in [0.2, 0.25) is 0 Å². The molecule has 1 aliphatic heterocycles. The Hall–Kier alpha value is -1.53. The monoisotopic (exact) mass is 446 g/mol. The van der Waals surface area contributed by atoms with Gasteiger partial charge in [-0.3, -0.25) is 4.79 Å². The van der Waals surface area contributed by atoms with Gasteiger partial charge in [-0.1, -0.05) is 26.0 Å². The fraction of sp³-hybridized carbons (Fsp3) is 0.611. The van der Waals surface area contributed by atoms with Gasteiger partial charge in [-0.15, -0.1) is 0 Å². The molecular weight excluding hydrogens is 416 g/mol. The van der Waals surface area contributed by atoms with Gasteiger partial charge in [-0.25, -0.2) is 13.6 Å². The van der Waals surface area contributed by atoms with Gasteiger partial charge in [0, 0.05) is 32.1 Å². The summed E-state index contributed by atoms with van der Waals surface area (Å²) in [6.45, 7) is 6.66. The second kappa shape index (κ2) is 9.52. The first-order valence-corrected chi connectivity index (χ1v) is 12.6. The lowest BCUT2D eigenvalue weighted by atomic mass is 9.96.